The van der Waals surface area contributed by atoms with Crippen LogP contribution in [0.1, 0.15) is 387 Å². The fourth-order valence-corrected chi connectivity index (χ4v) is 21.5. The number of furan rings is 1. The number of aryl methyl sites for hydroxylation is 5. The Hall–Kier alpha value is -7.31. The van der Waals surface area contributed by atoms with Crippen LogP contribution in [0.4, 0.5) is 0 Å². The number of hydrogen-bond acceptors (Lipinski definition) is 9. The molecule has 3 fully saturated rings. The average Bonchev–Trinajstić information content (AvgIpc) is 1.62. The molecule has 3 N–H and O–H groups in total. The quantitative estimate of drug-likeness (QED) is 0.0821. The highest BCUT2D eigenvalue weighted by Crippen LogP contribution is 2.38. The van der Waals surface area contributed by atoms with E-state index >= 15 is 0 Å². The van der Waals surface area contributed by atoms with Crippen LogP contribution in [0.15, 0.2) is 150 Å². The maximum atomic E-state index is 5.73. The van der Waals surface area contributed by atoms with Crippen molar-refractivity contribution >= 4 is 0 Å². The molecule has 3 saturated heterocycles. The third kappa shape index (κ3) is 28.9. The summed E-state index contributed by atoms with van der Waals surface area (Å²) in [5.41, 5.74) is 38.2. The zero-order valence-electron chi connectivity index (χ0n) is 87.1. The number of nitrogens with zero attached hydrogens (tertiary/aromatic N) is 5. The van der Waals surface area contributed by atoms with Crippen LogP contribution in [-0.2, 0) is 116 Å². The van der Waals surface area contributed by atoms with Gasteiger partial charge in [-0.05, 0) is 349 Å². The van der Waals surface area contributed by atoms with Gasteiger partial charge in [0.15, 0.2) is 0 Å². The van der Waals surface area contributed by atoms with Crippen molar-refractivity contribution in [1.29, 1.82) is 0 Å². The Morgan fingerprint density at radius 1 is 0.326 bits per heavy atom. The number of pyridine rings is 1. The van der Waals surface area contributed by atoms with Crippen LogP contribution < -0.4 is 16.0 Å². The van der Waals surface area contributed by atoms with E-state index in [2.05, 4.69) is 340 Å². The summed E-state index contributed by atoms with van der Waals surface area (Å²) >= 11 is 0. The molecule has 132 heavy (non-hydrogen) atoms. The van der Waals surface area contributed by atoms with Crippen molar-refractivity contribution in [2.45, 2.75) is 383 Å². The van der Waals surface area contributed by atoms with Gasteiger partial charge >= 0.3 is 0 Å². The second-order valence-corrected chi connectivity index (χ2v) is 44.7. The minimum absolute atomic E-state index is 0.510. The molecule has 12 aliphatic rings. The number of hydrogen-bond donors (Lipinski definition) is 3. The highest BCUT2D eigenvalue weighted by atomic mass is 16.3. The Kier molecular flexibility index (Phi) is 37.6. The van der Waals surface area contributed by atoms with Gasteiger partial charge in [-0.1, -0.05) is 285 Å². The number of likely N-dealkylation sites (N-methyl/N-ethyl adjacent to an activating group) is 2. The molecular weight excluding hydrogens is 1610 g/mol. The Morgan fingerprint density at radius 2 is 0.674 bits per heavy atom. The Labute approximate surface area is 804 Å². The third-order valence-corrected chi connectivity index (χ3v) is 31.6. The lowest BCUT2D eigenvalue weighted by molar-refractivity contribution is 0.268. The minimum Gasteiger partial charge on any atom is -0.465 e. The molecule has 7 aromatic carbocycles. The van der Waals surface area contributed by atoms with Crippen LogP contribution in [-0.4, -0.2) is 128 Å². The van der Waals surface area contributed by atoms with Gasteiger partial charge in [0.25, 0.3) is 0 Å². The second-order valence-electron chi connectivity index (χ2n) is 44.7. The van der Waals surface area contributed by atoms with Crippen LogP contribution in [0.5, 0.6) is 0 Å². The molecule has 7 heterocycles. The van der Waals surface area contributed by atoms with E-state index in [4.69, 9.17) is 4.42 Å². The van der Waals surface area contributed by atoms with Gasteiger partial charge in [-0.15, -0.1) is 0 Å². The first-order chi connectivity index (χ1) is 63.4. The van der Waals surface area contributed by atoms with Gasteiger partial charge in [-0.2, -0.15) is 0 Å². The number of rotatable bonds is 16. The first kappa shape index (κ1) is 102. The Morgan fingerprint density at radius 3 is 1.14 bits per heavy atom. The molecule has 21 rings (SSSR count). The maximum Gasteiger partial charge on any atom is 0.109 e. The van der Waals surface area contributed by atoms with Gasteiger partial charge in [-0.3, -0.25) is 19.7 Å². The van der Waals surface area contributed by atoms with Crippen LogP contribution in [0, 0.1) is 11.8 Å². The van der Waals surface area contributed by atoms with Gasteiger partial charge in [0, 0.05) is 113 Å². The number of benzene rings is 7. The van der Waals surface area contributed by atoms with Gasteiger partial charge in [0.05, 0.1) is 5.69 Å². The zero-order chi connectivity index (χ0) is 94.0. The Balaban J connectivity index is 0.000000126. The van der Waals surface area contributed by atoms with Gasteiger partial charge in [-0.25, -0.2) is 0 Å². The van der Waals surface area contributed by atoms with Crippen molar-refractivity contribution in [3.05, 3.63) is 296 Å². The fourth-order valence-electron chi connectivity index (χ4n) is 21.5. The lowest BCUT2D eigenvalue weighted by Crippen LogP contribution is -2.33. The summed E-state index contributed by atoms with van der Waals surface area (Å²) in [6.45, 7) is 57.3. The summed E-state index contributed by atoms with van der Waals surface area (Å²) in [4.78, 5) is 14.7. The summed E-state index contributed by atoms with van der Waals surface area (Å²) in [6, 6.07) is 58.1. The molecule has 0 saturated carbocycles. The van der Waals surface area contributed by atoms with Crippen LogP contribution in [0.3, 0.4) is 0 Å². The zero-order valence-corrected chi connectivity index (χ0v) is 87.1. The largest absolute Gasteiger partial charge is 0.465 e. The van der Waals surface area contributed by atoms with Crippen LogP contribution in [0.25, 0.3) is 0 Å². The molecule has 7 atom stereocenters. The van der Waals surface area contributed by atoms with Gasteiger partial charge < -0.3 is 25.3 Å². The summed E-state index contributed by atoms with van der Waals surface area (Å²) in [5, 5.41) is 10.1. The van der Waals surface area contributed by atoms with E-state index in [1.54, 1.807) is 77.9 Å². The fraction of sp³-hybridized carbons (Fsp3) is 0.585. The van der Waals surface area contributed by atoms with E-state index in [-0.39, 0.29) is 0 Å². The summed E-state index contributed by atoms with van der Waals surface area (Å²) in [7, 11) is 6.46. The maximum absolute atomic E-state index is 5.73. The van der Waals surface area contributed by atoms with Crippen molar-refractivity contribution in [2.75, 3.05) is 73.5 Å². The lowest BCUT2D eigenvalue weighted by Gasteiger charge is -2.30. The van der Waals surface area contributed by atoms with Crippen molar-refractivity contribution in [1.82, 2.24) is 40.5 Å². The smallest absolute Gasteiger partial charge is 0.109 e. The highest BCUT2D eigenvalue weighted by Gasteiger charge is 2.35. The summed E-state index contributed by atoms with van der Waals surface area (Å²) < 4.78 is 5.73. The molecule has 9 heteroatoms. The molecule has 9 aromatic rings. The normalized spacial score (nSPS) is 21.1. The van der Waals surface area contributed by atoms with Crippen molar-refractivity contribution in [2.24, 2.45) is 11.8 Å². The minimum atomic E-state index is 0.510. The van der Waals surface area contributed by atoms with E-state index in [9.17, 15) is 0 Å². The monoisotopic (exact) mass is 1780 g/mol. The molecule has 2 aromatic heterocycles. The molecule has 5 aliphatic heterocycles. The third-order valence-electron chi connectivity index (χ3n) is 31.6. The topological polar surface area (TPSA) is 74.4 Å². The highest BCUT2D eigenvalue weighted by molar-refractivity contribution is 5.44. The molecule has 0 amide bonds. The molecule has 0 radical (unpaired) electrons. The second kappa shape index (κ2) is 48.6. The van der Waals surface area contributed by atoms with Gasteiger partial charge in [0.2, 0.25) is 0 Å². The van der Waals surface area contributed by atoms with Crippen LogP contribution in [0.2, 0.25) is 0 Å². The summed E-state index contributed by atoms with van der Waals surface area (Å²) in [6.07, 6.45) is 31.4. The predicted molar refractivity (Wildman–Crippen MR) is 565 cm³/mol. The molecular formula is C123H178N8O. The molecule has 9 nitrogen and oxygen atoms in total. The van der Waals surface area contributed by atoms with Gasteiger partial charge in [0.1, 0.15) is 11.5 Å². The lowest BCUT2D eigenvalue weighted by atomic mass is 9.81. The van der Waals surface area contributed by atoms with E-state index in [1.165, 1.54) is 241 Å². The van der Waals surface area contributed by atoms with E-state index in [1.807, 2.05) is 6.20 Å². The van der Waals surface area contributed by atoms with E-state index < -0.39 is 0 Å². The standard InChI is InChI=1S/2C15H21N.C15H23N.C15H22.C14H19N.C14H21N.C14H20.C11H16N2.C10H15NO/c1-11(2)12-3-4-14-10-15(16-7-8-16)6-5-13(14)9-12;1-11(2)13-4-3-12-5-6-15(16-7-8-16)10-14(12)9-13;1-11(2)13-6-5-12-7-8-15(16(3)4)10-14(12)9-13;1-4-12-5-6-15-10-13(11(2)3)7-8-14(15)9-12;1-10(2)11-3-4-12-8-14(15-5-6-15)9-13(12)7-11;1-10(2)12-5-4-11-6-7-14(15-3)9-13(11)8-12;1-4-11-7-13-6-5-12(10(2)3)9-14(13)8-11;1-8(2)10-5-9-3-4-12-7-11(9)13-6-10;1-7(2)10-5-8-6-11-4-3-9(8)12-10/h2*3-4,9,11,15H,5-8,10H2,1-2H3;5-6,9,11,15H,7-8,10H2,1-4H3;7-8,10-12H,4-6,9H2,1-3H3;3-4,7,10,14H,5-6,8-9H2,1-2H3;4-5,8,10,14-15H,6-7,9H2,1-3H3;5-6,9-11H,4,7-8H2,1-3H3;5-6,8,12H,3-4,7H2,1-2H3;5,7,11H,3-4,6H2,1-2H3. The molecule has 7 aliphatic carbocycles. The van der Waals surface area contributed by atoms with E-state index in [0.29, 0.717) is 59.3 Å². The SMILES string of the molecule is CC(C)c1cc2c(o1)CCNC2.CC(C)c1ccc2c(c1)CC(N(C)C)CC2.CC(C)c1ccc2c(c1)CC(N1CC1)C2.CC(C)c1ccc2c(c1)CC(N1CC1)CC2.CC(C)c1ccc2c(c1)CCC(N1CC1)C2.CC(C)c1cnc2c(c1)CCNC2.CCC1CCc2cc(C(C)C)ccc2C1.CCC1Cc2ccc(C(C)C)cc2C1.CNC1CCc2ccc(C(C)C)cc2C1. The molecule has 716 valence electrons. The molecule has 0 bridgehead atoms. The van der Waals surface area contributed by atoms with Crippen molar-refractivity contribution in [3.63, 3.8) is 0 Å². The Bertz CT molecular complexity index is 5020. The van der Waals surface area contributed by atoms with Crippen molar-refractivity contribution in [3.8, 4) is 0 Å². The predicted octanol–water partition coefficient (Wildman–Crippen LogP) is 26.8. The first-order valence-electron chi connectivity index (χ1n) is 53.3. The number of fused-ring (bicyclic) bond motifs is 9. The van der Waals surface area contributed by atoms with E-state index in [0.717, 1.165) is 80.8 Å². The average molecular weight is 1780 g/mol. The first-order valence-corrected chi connectivity index (χ1v) is 53.3. The van der Waals surface area contributed by atoms with Crippen LogP contribution >= 0.6 is 0 Å². The van der Waals surface area contributed by atoms with Crippen molar-refractivity contribution < 1.29 is 4.42 Å². The summed E-state index contributed by atoms with van der Waals surface area (Å²) in [5.74, 6) is 9.87. The number of aromatic nitrogens is 1. The molecule has 0 spiro atoms. The number of nitrogens with one attached hydrogen (secondary N) is 3. The molecule has 7 unspecified atom stereocenters.